The van der Waals surface area contributed by atoms with Crippen LogP contribution in [0.1, 0.15) is 49.1 Å². The Labute approximate surface area is 318 Å². The summed E-state index contributed by atoms with van der Waals surface area (Å²) in [5.41, 5.74) is 17.0. The molecule has 0 unspecified atom stereocenters. The average molecular weight is 693 g/mol. The number of para-hydroxylation sites is 2. The molecule has 0 saturated heterocycles. The largest absolute Gasteiger partial charge is 0.311 e. The van der Waals surface area contributed by atoms with Crippen LogP contribution in [-0.4, -0.2) is 6.71 Å². The second-order valence-electron chi connectivity index (χ2n) is 15.6. The van der Waals surface area contributed by atoms with Gasteiger partial charge < -0.3 is 9.80 Å². The number of hydrogen-bond donors (Lipinski definition) is 0. The second kappa shape index (κ2) is 12.5. The van der Waals surface area contributed by atoms with Crippen molar-refractivity contribution in [2.24, 2.45) is 0 Å². The standard InChI is InChI=1S/C51H41BN2/c1-34-24-29-47-45(30-34)52-44-22-12-13-23-46(44)53(40-18-6-3-7-19-40)48-32-39(35-14-4-2-5-15-35)33-49(51(48)52)54(47)41-27-25-36(26-28-41)50-42-20-10-8-16-37(42)31-38-17-9-11-21-43(38)50/h3,6-13,16-33,35H,2,4-5,14-15H2,1H3. The van der Waals surface area contributed by atoms with Crippen molar-refractivity contribution in [2.75, 3.05) is 9.80 Å². The highest BCUT2D eigenvalue weighted by molar-refractivity contribution is 7.00. The van der Waals surface area contributed by atoms with Crippen LogP contribution in [0.2, 0.25) is 0 Å². The monoisotopic (exact) mass is 692 g/mol. The molecule has 8 aromatic rings. The summed E-state index contributed by atoms with van der Waals surface area (Å²) >= 11 is 0. The van der Waals surface area contributed by atoms with E-state index in [-0.39, 0.29) is 6.71 Å². The summed E-state index contributed by atoms with van der Waals surface area (Å²) in [5.74, 6) is 0.567. The van der Waals surface area contributed by atoms with E-state index in [1.54, 1.807) is 0 Å². The molecular formula is C51H41BN2. The molecule has 0 atom stereocenters. The van der Waals surface area contributed by atoms with E-state index in [4.69, 9.17) is 0 Å². The molecule has 2 nitrogen and oxygen atoms in total. The van der Waals surface area contributed by atoms with Gasteiger partial charge in [0.25, 0.3) is 6.71 Å². The molecule has 1 fully saturated rings. The molecule has 0 N–H and O–H groups in total. The Morgan fingerprint density at radius 2 is 1.07 bits per heavy atom. The van der Waals surface area contributed by atoms with Gasteiger partial charge in [-0.05, 0) is 135 Å². The van der Waals surface area contributed by atoms with E-state index in [0.717, 1.165) is 0 Å². The number of fused-ring (bicyclic) bond motifs is 6. The van der Waals surface area contributed by atoms with Gasteiger partial charge in [0.2, 0.25) is 0 Å². The van der Waals surface area contributed by atoms with Crippen molar-refractivity contribution in [1.29, 1.82) is 0 Å². The molecule has 1 aliphatic carbocycles. The second-order valence-corrected chi connectivity index (χ2v) is 15.6. The van der Waals surface area contributed by atoms with Crippen molar-refractivity contribution < 1.29 is 0 Å². The van der Waals surface area contributed by atoms with Gasteiger partial charge in [0.15, 0.2) is 0 Å². The molecule has 8 aromatic carbocycles. The molecule has 258 valence electrons. The molecule has 0 aromatic heterocycles. The van der Waals surface area contributed by atoms with Crippen molar-refractivity contribution >= 4 is 78.8 Å². The lowest BCUT2D eigenvalue weighted by Crippen LogP contribution is -2.61. The number of anilines is 6. The first-order chi connectivity index (χ1) is 26.7. The number of aryl methyl sites for hydroxylation is 1. The number of benzene rings is 8. The smallest absolute Gasteiger partial charge is 0.252 e. The molecule has 0 spiro atoms. The summed E-state index contributed by atoms with van der Waals surface area (Å²) in [6.45, 7) is 2.38. The quantitative estimate of drug-likeness (QED) is 0.134. The predicted octanol–water partition coefficient (Wildman–Crippen LogP) is 12.1. The number of hydrogen-bond acceptors (Lipinski definition) is 2. The zero-order valence-corrected chi connectivity index (χ0v) is 30.7. The van der Waals surface area contributed by atoms with Crippen molar-refractivity contribution in [3.63, 3.8) is 0 Å². The Hall–Kier alpha value is -6.06. The van der Waals surface area contributed by atoms with E-state index in [9.17, 15) is 0 Å². The van der Waals surface area contributed by atoms with Crippen molar-refractivity contribution in [3.8, 4) is 11.1 Å². The first-order valence-corrected chi connectivity index (χ1v) is 19.7. The molecular weight excluding hydrogens is 651 g/mol. The highest BCUT2D eigenvalue weighted by Crippen LogP contribution is 2.47. The van der Waals surface area contributed by atoms with E-state index in [0.29, 0.717) is 5.92 Å². The Morgan fingerprint density at radius 1 is 0.481 bits per heavy atom. The molecule has 0 bridgehead atoms. The minimum absolute atomic E-state index is 0.138. The van der Waals surface area contributed by atoms with Crippen LogP contribution >= 0.6 is 0 Å². The Kier molecular flexibility index (Phi) is 7.30. The average Bonchev–Trinajstić information content (AvgIpc) is 3.23. The maximum atomic E-state index is 2.58. The van der Waals surface area contributed by atoms with Gasteiger partial charge in [0.1, 0.15) is 0 Å². The van der Waals surface area contributed by atoms with E-state index in [2.05, 4.69) is 181 Å². The topological polar surface area (TPSA) is 6.48 Å². The first kappa shape index (κ1) is 31.5. The van der Waals surface area contributed by atoms with Crippen molar-refractivity contribution in [3.05, 3.63) is 175 Å². The molecule has 0 radical (unpaired) electrons. The van der Waals surface area contributed by atoms with Gasteiger partial charge >= 0.3 is 0 Å². The molecule has 3 aliphatic rings. The van der Waals surface area contributed by atoms with Crippen LogP contribution in [0.5, 0.6) is 0 Å². The molecule has 1 saturated carbocycles. The van der Waals surface area contributed by atoms with E-state index in [1.807, 2.05) is 0 Å². The Morgan fingerprint density at radius 3 is 1.78 bits per heavy atom. The van der Waals surface area contributed by atoms with Crippen molar-refractivity contribution in [1.82, 2.24) is 0 Å². The van der Waals surface area contributed by atoms with Crippen LogP contribution < -0.4 is 26.2 Å². The zero-order chi connectivity index (χ0) is 35.8. The molecule has 11 rings (SSSR count). The van der Waals surface area contributed by atoms with Gasteiger partial charge in [-0.1, -0.05) is 134 Å². The third-order valence-electron chi connectivity index (χ3n) is 12.4. The lowest BCUT2D eigenvalue weighted by molar-refractivity contribution is 0.444. The lowest BCUT2D eigenvalue weighted by Gasteiger charge is -2.45. The van der Waals surface area contributed by atoms with Crippen molar-refractivity contribution in [2.45, 2.75) is 44.9 Å². The summed E-state index contributed by atoms with van der Waals surface area (Å²) < 4.78 is 0. The maximum absolute atomic E-state index is 2.58. The summed E-state index contributed by atoms with van der Waals surface area (Å²) in [6.07, 6.45) is 6.47. The van der Waals surface area contributed by atoms with E-state index >= 15 is 0 Å². The summed E-state index contributed by atoms with van der Waals surface area (Å²) in [6, 6.07) is 61.8. The minimum atomic E-state index is 0.138. The summed E-state index contributed by atoms with van der Waals surface area (Å²) in [5, 5.41) is 5.13. The van der Waals surface area contributed by atoms with Gasteiger partial charge in [-0.2, -0.15) is 0 Å². The molecule has 3 heteroatoms. The normalized spacial score (nSPS) is 14.9. The van der Waals surface area contributed by atoms with Crippen LogP contribution in [0.4, 0.5) is 34.1 Å². The highest BCUT2D eigenvalue weighted by atomic mass is 15.2. The maximum Gasteiger partial charge on any atom is 0.252 e. The van der Waals surface area contributed by atoms with Gasteiger partial charge in [-0.25, -0.2) is 0 Å². The van der Waals surface area contributed by atoms with Gasteiger partial charge in [0.05, 0.1) is 0 Å². The fourth-order valence-corrected chi connectivity index (χ4v) is 10.00. The summed E-state index contributed by atoms with van der Waals surface area (Å²) in [7, 11) is 0. The first-order valence-electron chi connectivity index (χ1n) is 19.7. The summed E-state index contributed by atoms with van der Waals surface area (Å²) in [4.78, 5) is 5.13. The third kappa shape index (κ3) is 4.88. The van der Waals surface area contributed by atoms with Crippen LogP contribution in [0, 0.1) is 6.92 Å². The molecule has 2 aliphatic heterocycles. The lowest BCUT2D eigenvalue weighted by atomic mass is 9.33. The van der Waals surface area contributed by atoms with Crippen LogP contribution in [0.25, 0.3) is 32.7 Å². The highest BCUT2D eigenvalue weighted by Gasteiger charge is 2.43. The fraction of sp³-hybridized carbons (Fsp3) is 0.137. The van der Waals surface area contributed by atoms with E-state index in [1.165, 1.54) is 126 Å². The fourth-order valence-electron chi connectivity index (χ4n) is 10.00. The number of nitrogens with zero attached hydrogens (tertiary/aromatic N) is 2. The molecule has 2 heterocycles. The van der Waals surface area contributed by atoms with Crippen LogP contribution in [0.15, 0.2) is 164 Å². The van der Waals surface area contributed by atoms with E-state index < -0.39 is 0 Å². The van der Waals surface area contributed by atoms with Gasteiger partial charge in [-0.15, -0.1) is 0 Å². The molecule has 0 amide bonds. The Bertz CT molecular complexity index is 2670. The minimum Gasteiger partial charge on any atom is -0.311 e. The third-order valence-corrected chi connectivity index (χ3v) is 12.4. The van der Waals surface area contributed by atoms with Gasteiger partial charge in [-0.3, -0.25) is 0 Å². The van der Waals surface area contributed by atoms with Crippen LogP contribution in [-0.2, 0) is 0 Å². The van der Waals surface area contributed by atoms with Gasteiger partial charge in [0, 0.05) is 34.1 Å². The molecule has 54 heavy (non-hydrogen) atoms. The Balaban J connectivity index is 1.16. The van der Waals surface area contributed by atoms with Crippen LogP contribution in [0.3, 0.4) is 0 Å². The zero-order valence-electron chi connectivity index (χ0n) is 30.7. The SMILES string of the molecule is Cc1ccc2c(c1)B1c3ccccc3N(c3ccccc3)c3cc(C4CCCCC4)cc(c31)N2c1ccc(-c2c3ccccc3cc3ccccc23)cc1. The number of rotatable bonds is 4. The predicted molar refractivity (Wildman–Crippen MR) is 231 cm³/mol.